The number of carbonyl (C=O) groups excluding carboxylic acids is 5. The maximum Gasteiger partial charge on any atom is 0.338 e. The van der Waals surface area contributed by atoms with Crippen molar-refractivity contribution in [2.45, 2.75) is 80.6 Å². The summed E-state index contributed by atoms with van der Waals surface area (Å²) in [7, 11) is 0. The highest BCUT2D eigenvalue weighted by Gasteiger charge is 2.53. The van der Waals surface area contributed by atoms with Crippen molar-refractivity contribution in [2.24, 2.45) is 17.8 Å². The van der Waals surface area contributed by atoms with Gasteiger partial charge in [0.1, 0.15) is 11.6 Å². The van der Waals surface area contributed by atoms with Crippen LogP contribution in [0.4, 0.5) is 0 Å². The maximum atomic E-state index is 13.5. The molecule has 44 heavy (non-hydrogen) atoms. The van der Waals surface area contributed by atoms with Crippen LogP contribution in [0.3, 0.4) is 0 Å². The Balaban J connectivity index is 1.00. The first-order chi connectivity index (χ1) is 21.2. The van der Waals surface area contributed by atoms with Gasteiger partial charge in [-0.05, 0) is 111 Å². The second kappa shape index (κ2) is 10.3. The minimum absolute atomic E-state index is 0.0817. The zero-order valence-corrected chi connectivity index (χ0v) is 26.0. The molecule has 2 aliphatic heterocycles. The summed E-state index contributed by atoms with van der Waals surface area (Å²) in [6.07, 6.45) is 7.12. The number of nitrogens with zero attached hydrogens (tertiary/aromatic N) is 1. The average Bonchev–Trinajstić information content (AvgIpc) is 3.43. The molecule has 9 rings (SSSR count). The molecule has 1 aromatic heterocycles. The molecule has 4 saturated carbocycles. The van der Waals surface area contributed by atoms with E-state index in [1.54, 1.807) is 23.5 Å². The fraction of sp³-hybridized carbons (Fsp3) is 0.441. The third-order valence-corrected chi connectivity index (χ3v) is 12.9. The van der Waals surface area contributed by atoms with Crippen LogP contribution in [-0.2, 0) is 20.1 Å². The highest BCUT2D eigenvalue weighted by Crippen LogP contribution is 2.57. The number of hydrogen-bond donors (Lipinski definition) is 1. The lowest BCUT2D eigenvalue weighted by Crippen LogP contribution is -2.54. The van der Waals surface area contributed by atoms with Gasteiger partial charge in [-0.2, -0.15) is 0 Å². The molecule has 4 aliphatic carbocycles. The Hall–Kier alpha value is -3.50. The van der Waals surface area contributed by atoms with Gasteiger partial charge in [-0.15, -0.1) is 23.1 Å². The van der Waals surface area contributed by atoms with Crippen molar-refractivity contribution in [2.75, 3.05) is 0 Å². The van der Waals surface area contributed by atoms with Crippen molar-refractivity contribution in [1.29, 1.82) is 0 Å². The van der Waals surface area contributed by atoms with Crippen molar-refractivity contribution < 1.29 is 28.7 Å². The predicted molar refractivity (Wildman–Crippen MR) is 166 cm³/mol. The van der Waals surface area contributed by atoms with E-state index in [1.165, 1.54) is 31.0 Å². The molecule has 10 heteroatoms. The van der Waals surface area contributed by atoms with Crippen molar-refractivity contribution >= 4 is 62.8 Å². The molecule has 226 valence electrons. The fourth-order valence-corrected chi connectivity index (χ4v) is 11.1. The van der Waals surface area contributed by atoms with Crippen LogP contribution < -0.4 is 5.32 Å². The van der Waals surface area contributed by atoms with Crippen molar-refractivity contribution in [3.63, 3.8) is 0 Å². The number of nitrogens with one attached hydrogen (secondary N) is 1. The Morgan fingerprint density at radius 3 is 2.45 bits per heavy atom. The number of thiophene rings is 1. The molecule has 1 atom stereocenters. The summed E-state index contributed by atoms with van der Waals surface area (Å²) in [5.74, 6) is 0.442. The van der Waals surface area contributed by atoms with Crippen LogP contribution in [-0.4, -0.2) is 46.1 Å². The number of ether oxygens (including phenoxy) is 1. The number of fused-ring (bicyclic) bond motifs is 2. The van der Waals surface area contributed by atoms with E-state index in [0.29, 0.717) is 39.5 Å². The Labute approximate surface area is 262 Å². The average molecular weight is 629 g/mol. The summed E-state index contributed by atoms with van der Waals surface area (Å²) in [4.78, 5) is 67.0. The minimum Gasteiger partial charge on any atom is -0.455 e. The highest BCUT2D eigenvalue weighted by molar-refractivity contribution is 7.98. The van der Waals surface area contributed by atoms with Crippen LogP contribution in [0, 0.1) is 24.7 Å². The van der Waals surface area contributed by atoms with Crippen molar-refractivity contribution in [1.82, 2.24) is 10.2 Å². The van der Waals surface area contributed by atoms with Gasteiger partial charge >= 0.3 is 5.97 Å². The smallest absolute Gasteiger partial charge is 0.338 e. The van der Waals surface area contributed by atoms with Crippen LogP contribution in [0.15, 0.2) is 41.3 Å². The van der Waals surface area contributed by atoms with Gasteiger partial charge in [0, 0.05) is 26.6 Å². The van der Waals surface area contributed by atoms with Crippen molar-refractivity contribution in [3.8, 4) is 0 Å². The Morgan fingerprint density at radius 2 is 1.75 bits per heavy atom. The number of rotatable bonds is 6. The van der Waals surface area contributed by atoms with Crippen LogP contribution in [0.25, 0.3) is 10.1 Å². The first-order valence-corrected chi connectivity index (χ1v) is 17.2. The summed E-state index contributed by atoms with van der Waals surface area (Å²) < 4.78 is 7.40. The lowest BCUT2D eigenvalue weighted by molar-refractivity contribution is -0.136. The molecule has 4 amide bonds. The molecule has 1 saturated heterocycles. The molecule has 8 nitrogen and oxygen atoms in total. The number of imide groups is 2. The van der Waals surface area contributed by atoms with E-state index in [0.717, 1.165) is 44.7 Å². The topological polar surface area (TPSA) is 110 Å². The summed E-state index contributed by atoms with van der Waals surface area (Å²) >= 11 is 3.13. The van der Waals surface area contributed by atoms with Crippen LogP contribution in [0.2, 0.25) is 0 Å². The van der Waals surface area contributed by atoms with Gasteiger partial charge in [0.05, 0.1) is 16.7 Å². The second-order valence-electron chi connectivity index (χ2n) is 13.3. The standard InChI is InChI=1S/C34H32N2O6S2/c1-17-23-12-21(33(41)42-34-13-18-9-19(14-34)11-20(10-18)15-34)5-7-25(23)44-27(17)16-43-26-4-2-3-22-29(26)32(40)36(31(22)39)24-6-8-28(37)35-30(24)38/h2-5,7,12,18-20,24H,6,8-11,13-16H2,1H3,(H,35,37,38). The zero-order valence-electron chi connectivity index (χ0n) is 24.4. The highest BCUT2D eigenvalue weighted by atomic mass is 32.2. The van der Waals surface area contributed by atoms with Gasteiger partial charge in [-0.1, -0.05) is 6.07 Å². The lowest BCUT2D eigenvalue weighted by Gasteiger charge is -2.55. The molecular formula is C34H32N2O6S2. The van der Waals surface area contributed by atoms with E-state index in [1.807, 2.05) is 24.3 Å². The first kappa shape index (κ1) is 28.0. The van der Waals surface area contributed by atoms with E-state index in [4.69, 9.17) is 4.74 Å². The fourth-order valence-electron chi connectivity index (χ4n) is 8.70. The van der Waals surface area contributed by atoms with Gasteiger partial charge < -0.3 is 4.74 Å². The van der Waals surface area contributed by atoms with Gasteiger partial charge in [-0.3, -0.25) is 29.4 Å². The molecule has 3 heterocycles. The van der Waals surface area contributed by atoms with Crippen LogP contribution in [0.5, 0.6) is 0 Å². The lowest BCUT2D eigenvalue weighted by atomic mass is 9.54. The van der Waals surface area contributed by atoms with E-state index in [-0.39, 0.29) is 30.0 Å². The van der Waals surface area contributed by atoms with Crippen LogP contribution in [0.1, 0.15) is 92.9 Å². The number of benzene rings is 2. The number of piperidine rings is 1. The third kappa shape index (κ3) is 4.52. The Bertz CT molecular complexity index is 1760. The zero-order chi connectivity index (χ0) is 30.3. The van der Waals surface area contributed by atoms with Gasteiger partial charge in [0.2, 0.25) is 11.8 Å². The van der Waals surface area contributed by atoms with Crippen molar-refractivity contribution in [3.05, 3.63) is 63.5 Å². The molecule has 5 fully saturated rings. The summed E-state index contributed by atoms with van der Waals surface area (Å²) in [5, 5.41) is 3.27. The largest absolute Gasteiger partial charge is 0.455 e. The van der Waals surface area contributed by atoms with E-state index >= 15 is 0 Å². The number of esters is 1. The third-order valence-electron chi connectivity index (χ3n) is 10.4. The summed E-state index contributed by atoms with van der Waals surface area (Å²) in [5.41, 5.74) is 1.98. The molecule has 1 unspecified atom stereocenters. The monoisotopic (exact) mass is 628 g/mol. The molecule has 2 aromatic carbocycles. The van der Waals surface area contributed by atoms with Gasteiger partial charge in [0.25, 0.3) is 11.8 Å². The van der Waals surface area contributed by atoms with E-state index in [2.05, 4.69) is 12.2 Å². The number of aryl methyl sites for hydroxylation is 1. The number of thioether (sulfide) groups is 1. The minimum atomic E-state index is -0.994. The van der Waals surface area contributed by atoms with Crippen LogP contribution >= 0.6 is 23.1 Å². The number of carbonyl (C=O) groups is 5. The molecule has 0 radical (unpaired) electrons. The maximum absolute atomic E-state index is 13.5. The van der Waals surface area contributed by atoms with Gasteiger partial charge in [0.15, 0.2) is 0 Å². The normalized spacial score (nSPS) is 29.0. The van der Waals surface area contributed by atoms with E-state index in [9.17, 15) is 24.0 Å². The summed E-state index contributed by atoms with van der Waals surface area (Å²) in [6, 6.07) is 10.0. The Kier molecular flexibility index (Phi) is 6.54. The quantitative estimate of drug-likeness (QED) is 0.202. The Morgan fingerprint density at radius 1 is 1.02 bits per heavy atom. The first-order valence-electron chi connectivity index (χ1n) is 15.4. The van der Waals surface area contributed by atoms with E-state index < -0.39 is 29.7 Å². The molecule has 1 N–H and O–H groups in total. The number of hydrogen-bond acceptors (Lipinski definition) is 8. The number of amides is 4. The van der Waals surface area contributed by atoms with Gasteiger partial charge in [-0.25, -0.2) is 4.79 Å². The molecule has 4 bridgehead atoms. The second-order valence-corrected chi connectivity index (χ2v) is 15.4. The summed E-state index contributed by atoms with van der Waals surface area (Å²) in [6.45, 7) is 2.05. The molecule has 6 aliphatic rings. The molecule has 0 spiro atoms. The molecular weight excluding hydrogens is 597 g/mol. The SMILES string of the molecule is Cc1c(CSc2cccc3c2C(=O)N(C2CCC(=O)NC2=O)C3=O)sc2ccc(C(=O)OC34CC5CC(CC(C5)C3)C4)cc12. The molecule has 3 aromatic rings. The predicted octanol–water partition coefficient (Wildman–Crippen LogP) is 6.03.